The van der Waals surface area contributed by atoms with Crippen molar-refractivity contribution < 1.29 is 18.7 Å². The van der Waals surface area contributed by atoms with Crippen molar-refractivity contribution >= 4 is 17.7 Å². The number of thioether (sulfide) groups is 1. The van der Waals surface area contributed by atoms with Gasteiger partial charge in [-0.25, -0.2) is 4.39 Å². The topological polar surface area (TPSA) is 91.2 Å². The zero-order valence-electron chi connectivity index (χ0n) is 20.6. The number of pyridine rings is 1. The molecule has 1 N–H and O–H groups in total. The van der Waals surface area contributed by atoms with Gasteiger partial charge in [-0.3, -0.25) is 14.3 Å². The molecule has 0 saturated carbocycles. The lowest BCUT2D eigenvalue weighted by Crippen LogP contribution is -2.23. The third kappa shape index (κ3) is 5.19. The molecule has 8 nitrogen and oxygen atoms in total. The Bertz CT molecular complexity index is 1640. The van der Waals surface area contributed by atoms with Crippen LogP contribution in [0.1, 0.15) is 21.5 Å². The molecule has 3 heterocycles. The van der Waals surface area contributed by atoms with Crippen molar-refractivity contribution in [2.75, 3.05) is 6.79 Å². The van der Waals surface area contributed by atoms with Gasteiger partial charge in [0.05, 0.1) is 5.69 Å². The van der Waals surface area contributed by atoms with Gasteiger partial charge in [0.1, 0.15) is 5.82 Å². The Kier molecular flexibility index (Phi) is 6.92. The molecule has 0 aliphatic carbocycles. The quantitative estimate of drug-likeness (QED) is 0.263. The Labute approximate surface area is 227 Å². The maximum absolute atomic E-state index is 14.9. The molecular formula is C29H22FN5O3S. The maximum Gasteiger partial charge on any atom is 0.251 e. The van der Waals surface area contributed by atoms with E-state index < -0.39 is 5.82 Å². The summed E-state index contributed by atoms with van der Waals surface area (Å²) >= 11 is 1.37. The van der Waals surface area contributed by atoms with Crippen LogP contribution in [-0.4, -0.2) is 32.4 Å². The van der Waals surface area contributed by atoms with Gasteiger partial charge in [0.15, 0.2) is 22.5 Å². The number of benzene rings is 3. The van der Waals surface area contributed by atoms with Crippen molar-refractivity contribution in [3.63, 3.8) is 0 Å². The number of hydrogen-bond donors (Lipinski definition) is 1. The number of carbonyl (C=O) groups is 1. The van der Waals surface area contributed by atoms with E-state index in [9.17, 15) is 9.18 Å². The number of hydrogen-bond acceptors (Lipinski definition) is 7. The highest BCUT2D eigenvalue weighted by Gasteiger charge is 2.20. The van der Waals surface area contributed by atoms with E-state index in [1.807, 2.05) is 42.5 Å². The number of fused-ring (bicyclic) bond motifs is 1. The zero-order valence-corrected chi connectivity index (χ0v) is 21.4. The van der Waals surface area contributed by atoms with Crippen LogP contribution in [-0.2, 0) is 12.3 Å². The van der Waals surface area contributed by atoms with Crippen LogP contribution in [0.4, 0.5) is 4.39 Å². The first-order valence-corrected chi connectivity index (χ1v) is 13.1. The van der Waals surface area contributed by atoms with Crippen LogP contribution in [0.25, 0.3) is 17.1 Å². The number of para-hydroxylation sites is 1. The van der Waals surface area contributed by atoms with Gasteiger partial charge >= 0.3 is 0 Å². The molecule has 0 unspecified atom stereocenters. The summed E-state index contributed by atoms with van der Waals surface area (Å²) in [6, 6.07) is 23.1. The lowest BCUT2D eigenvalue weighted by molar-refractivity contribution is 0.0950. The molecule has 39 heavy (non-hydrogen) atoms. The van der Waals surface area contributed by atoms with Gasteiger partial charge in [-0.15, -0.1) is 10.2 Å². The molecule has 0 fully saturated rings. The Balaban J connectivity index is 1.23. The minimum atomic E-state index is -0.396. The van der Waals surface area contributed by atoms with Crippen LogP contribution in [0.2, 0.25) is 0 Å². The van der Waals surface area contributed by atoms with E-state index in [1.165, 1.54) is 17.8 Å². The monoisotopic (exact) mass is 539 g/mol. The van der Waals surface area contributed by atoms with Gasteiger partial charge in [0.2, 0.25) is 6.79 Å². The lowest BCUT2D eigenvalue weighted by atomic mass is 10.1. The first-order chi connectivity index (χ1) is 19.2. The zero-order chi connectivity index (χ0) is 26.6. The summed E-state index contributed by atoms with van der Waals surface area (Å²) in [6.07, 6.45) is 3.33. The molecule has 6 rings (SSSR count). The Morgan fingerprint density at radius 1 is 0.974 bits per heavy atom. The highest BCUT2D eigenvalue weighted by atomic mass is 32.2. The van der Waals surface area contributed by atoms with Gasteiger partial charge in [0, 0.05) is 35.8 Å². The van der Waals surface area contributed by atoms with Gasteiger partial charge in [-0.2, -0.15) is 0 Å². The summed E-state index contributed by atoms with van der Waals surface area (Å²) in [6.45, 7) is 0.539. The van der Waals surface area contributed by atoms with Gasteiger partial charge in [0.25, 0.3) is 5.91 Å². The summed E-state index contributed by atoms with van der Waals surface area (Å²) in [5.74, 6) is 1.67. The molecule has 3 aromatic carbocycles. The fraction of sp³-hybridized carbons (Fsp3) is 0.103. The highest BCUT2D eigenvalue weighted by molar-refractivity contribution is 7.98. The number of halogens is 1. The Morgan fingerprint density at radius 3 is 2.69 bits per heavy atom. The number of ether oxygens (including phenoxy) is 2. The number of amides is 1. The van der Waals surface area contributed by atoms with E-state index >= 15 is 0 Å². The second-order valence-corrected chi connectivity index (χ2v) is 9.59. The summed E-state index contributed by atoms with van der Waals surface area (Å²) < 4.78 is 27.3. The SMILES string of the molecule is O=C(NCc1ccc2c(c1)OCO2)c1ccccc1CSc1nnc(-c2cccnc2)n1-c1ccccc1F. The maximum atomic E-state index is 14.9. The average Bonchev–Trinajstić information content (AvgIpc) is 3.62. The van der Waals surface area contributed by atoms with Crippen molar-refractivity contribution in [1.29, 1.82) is 0 Å². The molecule has 1 aliphatic heterocycles. The van der Waals surface area contributed by atoms with Crippen LogP contribution < -0.4 is 14.8 Å². The van der Waals surface area contributed by atoms with Crippen LogP contribution in [0, 0.1) is 5.82 Å². The molecule has 0 spiro atoms. The van der Waals surface area contributed by atoms with Crippen molar-refractivity contribution in [3.05, 3.63) is 114 Å². The smallest absolute Gasteiger partial charge is 0.251 e. The predicted molar refractivity (Wildman–Crippen MR) is 144 cm³/mol. The molecule has 0 saturated heterocycles. The van der Waals surface area contributed by atoms with E-state index in [2.05, 4.69) is 20.5 Å². The number of nitrogens with zero attached hydrogens (tertiary/aromatic N) is 4. The van der Waals surface area contributed by atoms with E-state index in [0.717, 1.165) is 11.1 Å². The first-order valence-electron chi connectivity index (χ1n) is 12.2. The largest absolute Gasteiger partial charge is 0.454 e. The summed E-state index contributed by atoms with van der Waals surface area (Å²) in [5.41, 5.74) is 3.31. The predicted octanol–water partition coefficient (Wildman–Crippen LogP) is 5.42. The third-order valence-electron chi connectivity index (χ3n) is 6.16. The summed E-state index contributed by atoms with van der Waals surface area (Å²) in [5, 5.41) is 12.2. The molecule has 5 aromatic rings. The fourth-order valence-corrected chi connectivity index (χ4v) is 5.18. The average molecular weight is 540 g/mol. The summed E-state index contributed by atoms with van der Waals surface area (Å²) in [4.78, 5) is 17.3. The van der Waals surface area contributed by atoms with Crippen molar-refractivity contribution in [1.82, 2.24) is 25.1 Å². The number of rotatable bonds is 8. The normalized spacial score (nSPS) is 11.9. The fourth-order valence-electron chi connectivity index (χ4n) is 4.23. The minimum absolute atomic E-state index is 0.199. The molecule has 1 amide bonds. The lowest BCUT2D eigenvalue weighted by Gasteiger charge is -2.13. The van der Waals surface area contributed by atoms with E-state index in [0.29, 0.717) is 51.6 Å². The van der Waals surface area contributed by atoms with E-state index in [-0.39, 0.29) is 12.7 Å². The number of nitrogens with one attached hydrogen (secondary N) is 1. The summed E-state index contributed by atoms with van der Waals surface area (Å²) in [7, 11) is 0. The molecule has 2 aromatic heterocycles. The highest BCUT2D eigenvalue weighted by Crippen LogP contribution is 2.33. The van der Waals surface area contributed by atoms with Crippen LogP contribution in [0.15, 0.2) is 96.4 Å². The second-order valence-electron chi connectivity index (χ2n) is 8.65. The minimum Gasteiger partial charge on any atom is -0.454 e. The molecule has 1 aliphatic rings. The molecule has 10 heteroatoms. The third-order valence-corrected chi connectivity index (χ3v) is 7.13. The van der Waals surface area contributed by atoms with Crippen LogP contribution in [0.3, 0.4) is 0 Å². The number of carbonyl (C=O) groups excluding carboxylic acids is 1. The van der Waals surface area contributed by atoms with Crippen molar-refractivity contribution in [2.45, 2.75) is 17.5 Å². The number of aromatic nitrogens is 4. The van der Waals surface area contributed by atoms with Gasteiger partial charge in [-0.05, 0) is 53.6 Å². The molecular weight excluding hydrogens is 517 g/mol. The molecule has 194 valence electrons. The van der Waals surface area contributed by atoms with Gasteiger partial charge < -0.3 is 14.8 Å². The van der Waals surface area contributed by atoms with E-state index in [1.54, 1.807) is 47.3 Å². The second kappa shape index (κ2) is 11.0. The first kappa shape index (κ1) is 24.6. The van der Waals surface area contributed by atoms with Crippen molar-refractivity contribution in [3.8, 4) is 28.6 Å². The van der Waals surface area contributed by atoms with E-state index in [4.69, 9.17) is 9.47 Å². The molecule has 0 atom stereocenters. The van der Waals surface area contributed by atoms with Crippen LogP contribution in [0.5, 0.6) is 11.5 Å². The van der Waals surface area contributed by atoms with Crippen molar-refractivity contribution in [2.24, 2.45) is 0 Å². The standard InChI is InChI=1S/C29H22FN5O3S/c30-23-9-3-4-10-24(23)35-27(20-7-5-13-31-16-20)33-34-29(35)39-17-21-6-1-2-8-22(21)28(36)32-15-19-11-12-25-26(14-19)38-18-37-25/h1-14,16H,15,17-18H2,(H,32,36). The van der Waals surface area contributed by atoms with Crippen LogP contribution >= 0.6 is 11.8 Å². The van der Waals surface area contributed by atoms with Gasteiger partial charge in [-0.1, -0.05) is 48.2 Å². The molecule has 0 radical (unpaired) electrons. The Morgan fingerprint density at radius 2 is 1.82 bits per heavy atom. The Hall–Kier alpha value is -4.70. The molecule has 0 bridgehead atoms.